The zero-order valence-electron chi connectivity index (χ0n) is 21.0. The first kappa shape index (κ1) is 25.3. The molecule has 0 unspecified atom stereocenters. The summed E-state index contributed by atoms with van der Waals surface area (Å²) in [6.07, 6.45) is 0.883. The lowest BCUT2D eigenvalue weighted by Crippen LogP contribution is -2.62. The van der Waals surface area contributed by atoms with Gasteiger partial charge in [-0.2, -0.15) is 13.2 Å². The van der Waals surface area contributed by atoms with Gasteiger partial charge in [-0.1, -0.05) is 12.1 Å². The van der Waals surface area contributed by atoms with E-state index in [1.54, 1.807) is 0 Å². The fraction of sp³-hybridized carbons (Fsp3) is 0.500. The van der Waals surface area contributed by atoms with Gasteiger partial charge in [0.15, 0.2) is 0 Å². The zero-order valence-corrected chi connectivity index (χ0v) is 21.0. The summed E-state index contributed by atoms with van der Waals surface area (Å²) in [6, 6.07) is 8.18. The van der Waals surface area contributed by atoms with Crippen LogP contribution < -0.4 is 10.2 Å². The molecular weight excluding hydrogens is 483 g/mol. The highest BCUT2D eigenvalue weighted by atomic mass is 19.4. The van der Waals surface area contributed by atoms with E-state index in [4.69, 9.17) is 0 Å². The van der Waals surface area contributed by atoms with Crippen molar-refractivity contribution in [3.05, 3.63) is 54.0 Å². The van der Waals surface area contributed by atoms with E-state index >= 15 is 0 Å². The molecule has 2 aliphatic heterocycles. The molecule has 37 heavy (non-hydrogen) atoms. The maximum Gasteiger partial charge on any atom is 0.419 e. The van der Waals surface area contributed by atoms with Crippen LogP contribution in [0.4, 0.5) is 23.9 Å². The summed E-state index contributed by atoms with van der Waals surface area (Å²) in [4.78, 5) is 30.4. The fourth-order valence-electron chi connectivity index (χ4n) is 5.53. The molecule has 2 aliphatic rings. The molecule has 0 aliphatic carbocycles. The van der Waals surface area contributed by atoms with E-state index in [2.05, 4.69) is 49.4 Å². The molecule has 0 saturated carbocycles. The second-order valence-electron chi connectivity index (χ2n) is 10.1. The molecule has 2 N–H and O–H groups in total. The fourth-order valence-corrected chi connectivity index (χ4v) is 5.53. The zero-order chi connectivity index (χ0) is 26.2. The molecule has 5 rings (SSSR count). The van der Waals surface area contributed by atoms with Crippen LogP contribution in [0.25, 0.3) is 10.9 Å². The van der Waals surface area contributed by atoms with Gasteiger partial charge in [0, 0.05) is 80.3 Å². The minimum Gasteiger partial charge on any atom is -0.361 e. The lowest BCUT2D eigenvalue weighted by molar-refractivity contribution is -0.138. The van der Waals surface area contributed by atoms with Gasteiger partial charge in [-0.15, -0.1) is 0 Å². The summed E-state index contributed by atoms with van der Waals surface area (Å²) in [5.74, 6) is 0.245. The first-order valence-electron chi connectivity index (χ1n) is 12.7. The molecule has 4 heterocycles. The number of piperidine rings is 1. The number of H-pyrrole nitrogens is 1. The molecule has 1 aromatic carbocycles. The lowest BCUT2D eigenvalue weighted by atomic mass is 10.0. The van der Waals surface area contributed by atoms with Crippen molar-refractivity contribution in [3.8, 4) is 0 Å². The average molecular weight is 516 g/mol. The molecule has 198 valence electrons. The number of nitrogens with one attached hydrogen (secondary N) is 2. The number of urea groups is 1. The van der Waals surface area contributed by atoms with Crippen LogP contribution >= 0.6 is 0 Å². The van der Waals surface area contributed by atoms with E-state index in [-0.39, 0.29) is 30.1 Å². The molecule has 3 aromatic rings. The standard InChI is InChI=1S/C26H32F3N7O/c1-17-14-35(24-31-12-20(13-32-24)26(27,28)29)15-18(2)36(17)25(37)33-21-7-10-34(11-8-21)16-19-4-3-5-23-22(19)6-9-30-23/h3-6,9,12-13,17-18,21,30H,7-8,10-11,14-16H2,1-2H3,(H,33,37)/t17-,18+. The number of halogens is 3. The largest absolute Gasteiger partial charge is 0.419 e. The Morgan fingerprint density at radius 2 is 1.76 bits per heavy atom. The summed E-state index contributed by atoms with van der Waals surface area (Å²) in [6.45, 7) is 7.50. The van der Waals surface area contributed by atoms with Crippen LogP contribution in [-0.2, 0) is 12.7 Å². The van der Waals surface area contributed by atoms with Crippen molar-refractivity contribution < 1.29 is 18.0 Å². The van der Waals surface area contributed by atoms with Crippen LogP contribution in [0.5, 0.6) is 0 Å². The molecule has 0 spiro atoms. The van der Waals surface area contributed by atoms with E-state index in [1.807, 2.05) is 29.8 Å². The third kappa shape index (κ3) is 5.51. The van der Waals surface area contributed by atoms with Gasteiger partial charge >= 0.3 is 12.2 Å². The van der Waals surface area contributed by atoms with E-state index in [0.29, 0.717) is 13.1 Å². The Morgan fingerprint density at radius 1 is 1.08 bits per heavy atom. The third-order valence-electron chi connectivity index (χ3n) is 7.40. The number of carbonyl (C=O) groups excluding carboxylic acids is 1. The monoisotopic (exact) mass is 515 g/mol. The van der Waals surface area contributed by atoms with Gasteiger partial charge in [-0.25, -0.2) is 14.8 Å². The molecule has 2 saturated heterocycles. The molecular formula is C26H32F3N7O. The Labute approximate surface area is 213 Å². The van der Waals surface area contributed by atoms with Crippen molar-refractivity contribution in [1.82, 2.24) is 30.1 Å². The number of nitrogens with zero attached hydrogens (tertiary/aromatic N) is 5. The van der Waals surface area contributed by atoms with Gasteiger partial charge in [0.2, 0.25) is 5.95 Å². The minimum atomic E-state index is -4.47. The third-order valence-corrected chi connectivity index (χ3v) is 7.40. The summed E-state index contributed by atoms with van der Waals surface area (Å²) in [7, 11) is 0. The Bertz CT molecular complexity index is 1210. The molecule has 2 fully saturated rings. The maximum absolute atomic E-state index is 13.2. The first-order chi connectivity index (χ1) is 17.7. The van der Waals surface area contributed by atoms with E-state index < -0.39 is 11.7 Å². The average Bonchev–Trinajstić information content (AvgIpc) is 3.34. The number of aromatic amines is 1. The summed E-state index contributed by atoms with van der Waals surface area (Å²) < 4.78 is 38.5. The van der Waals surface area contributed by atoms with Crippen molar-refractivity contribution in [2.75, 3.05) is 31.1 Å². The summed E-state index contributed by atoms with van der Waals surface area (Å²) in [5.41, 5.74) is 1.58. The number of alkyl halides is 3. The minimum absolute atomic E-state index is 0.0940. The molecule has 0 radical (unpaired) electrons. The number of amides is 2. The summed E-state index contributed by atoms with van der Waals surface area (Å²) >= 11 is 0. The summed E-state index contributed by atoms with van der Waals surface area (Å²) in [5, 5.41) is 4.47. The molecule has 2 aromatic heterocycles. The van der Waals surface area contributed by atoms with Crippen LogP contribution in [0.15, 0.2) is 42.9 Å². The van der Waals surface area contributed by atoms with Crippen LogP contribution in [0.3, 0.4) is 0 Å². The van der Waals surface area contributed by atoms with Gasteiger partial charge in [0.05, 0.1) is 5.56 Å². The molecule has 11 heteroatoms. The maximum atomic E-state index is 13.2. The van der Waals surface area contributed by atoms with Crippen LogP contribution in [0.2, 0.25) is 0 Å². The van der Waals surface area contributed by atoms with Crippen molar-refractivity contribution in [1.29, 1.82) is 0 Å². The van der Waals surface area contributed by atoms with Crippen molar-refractivity contribution >= 4 is 22.9 Å². The van der Waals surface area contributed by atoms with Gasteiger partial charge in [0.25, 0.3) is 0 Å². The number of fused-ring (bicyclic) bond motifs is 1. The lowest BCUT2D eigenvalue weighted by Gasteiger charge is -2.45. The number of likely N-dealkylation sites (tertiary alicyclic amines) is 1. The molecule has 2 amide bonds. The Morgan fingerprint density at radius 3 is 2.41 bits per heavy atom. The normalized spacial score (nSPS) is 22.0. The molecule has 2 atom stereocenters. The van der Waals surface area contributed by atoms with Crippen LogP contribution in [0, 0.1) is 0 Å². The smallest absolute Gasteiger partial charge is 0.361 e. The number of aromatic nitrogens is 3. The van der Waals surface area contributed by atoms with Gasteiger partial charge in [0.1, 0.15) is 0 Å². The highest BCUT2D eigenvalue weighted by Crippen LogP contribution is 2.29. The SMILES string of the molecule is C[C@@H]1CN(c2ncc(C(F)(F)F)cn2)C[C@H](C)N1C(=O)NC1CCN(Cc2cccc3[nH]ccc23)CC1. The van der Waals surface area contributed by atoms with Crippen LogP contribution in [0.1, 0.15) is 37.8 Å². The highest BCUT2D eigenvalue weighted by molar-refractivity contribution is 5.82. The Hall–Kier alpha value is -3.34. The number of piperazine rings is 1. The Balaban J connectivity index is 1.13. The number of hydrogen-bond acceptors (Lipinski definition) is 5. The second-order valence-corrected chi connectivity index (χ2v) is 10.1. The quantitative estimate of drug-likeness (QED) is 0.543. The van der Waals surface area contributed by atoms with E-state index in [0.717, 1.165) is 50.4 Å². The number of carbonyl (C=O) groups is 1. The van der Waals surface area contributed by atoms with Crippen molar-refractivity contribution in [3.63, 3.8) is 0 Å². The number of benzene rings is 1. The molecule has 8 nitrogen and oxygen atoms in total. The molecule has 0 bridgehead atoms. The van der Waals surface area contributed by atoms with Gasteiger partial charge in [-0.05, 0) is 44.4 Å². The predicted molar refractivity (Wildman–Crippen MR) is 135 cm³/mol. The second kappa shape index (κ2) is 10.2. The number of anilines is 1. The van der Waals surface area contributed by atoms with Gasteiger partial charge < -0.3 is 20.1 Å². The number of rotatable bonds is 4. The number of hydrogen-bond donors (Lipinski definition) is 2. The van der Waals surface area contributed by atoms with Crippen LogP contribution in [-0.4, -0.2) is 75.1 Å². The van der Waals surface area contributed by atoms with E-state index in [9.17, 15) is 18.0 Å². The van der Waals surface area contributed by atoms with Crippen molar-refractivity contribution in [2.24, 2.45) is 0 Å². The Kier molecular flexibility index (Phi) is 6.98. The highest BCUT2D eigenvalue weighted by Gasteiger charge is 2.36. The van der Waals surface area contributed by atoms with Gasteiger partial charge in [-0.3, -0.25) is 4.90 Å². The predicted octanol–water partition coefficient (Wildman–Crippen LogP) is 4.25. The topological polar surface area (TPSA) is 80.4 Å². The van der Waals surface area contributed by atoms with E-state index in [1.165, 1.54) is 10.9 Å². The first-order valence-corrected chi connectivity index (χ1v) is 12.7. The van der Waals surface area contributed by atoms with Crippen molar-refractivity contribution in [2.45, 2.75) is 57.5 Å².